The molecule has 0 saturated carbocycles. The first-order valence-electron chi connectivity index (χ1n) is 6.66. The van der Waals surface area contributed by atoms with Crippen molar-refractivity contribution in [2.24, 2.45) is 0 Å². The minimum Gasteiger partial charge on any atom is -0.497 e. The first-order chi connectivity index (χ1) is 10.1. The fourth-order valence-electron chi connectivity index (χ4n) is 2.43. The Balaban J connectivity index is 2.18. The van der Waals surface area contributed by atoms with Crippen LogP contribution < -0.4 is 10.5 Å². The standard InChI is InChI=1S/C16H17N3O2/c1-10-7-12(21-2)3-4-13(10)15-16(17)19-6-5-11(9-20)8-14(19)18-15/h3-8,20H,9,17H2,1-2H3. The smallest absolute Gasteiger partial charge is 0.139 e. The summed E-state index contributed by atoms with van der Waals surface area (Å²) < 4.78 is 7.04. The highest BCUT2D eigenvalue weighted by molar-refractivity contribution is 5.77. The van der Waals surface area contributed by atoms with E-state index in [9.17, 15) is 5.11 Å². The van der Waals surface area contributed by atoms with Crippen LogP contribution in [0.25, 0.3) is 16.9 Å². The first-order valence-corrected chi connectivity index (χ1v) is 6.66. The van der Waals surface area contributed by atoms with Gasteiger partial charge in [0.15, 0.2) is 0 Å². The summed E-state index contributed by atoms with van der Waals surface area (Å²) in [5.41, 5.74) is 10.5. The lowest BCUT2D eigenvalue weighted by Gasteiger charge is -2.06. The topological polar surface area (TPSA) is 72.8 Å². The second-order valence-corrected chi connectivity index (χ2v) is 4.95. The monoisotopic (exact) mass is 283 g/mol. The van der Waals surface area contributed by atoms with Crippen molar-refractivity contribution in [3.63, 3.8) is 0 Å². The average molecular weight is 283 g/mol. The minimum atomic E-state index is -0.0137. The molecule has 0 aliphatic carbocycles. The van der Waals surface area contributed by atoms with Gasteiger partial charge in [0.05, 0.1) is 13.7 Å². The zero-order valence-electron chi connectivity index (χ0n) is 12.0. The number of hydrogen-bond donors (Lipinski definition) is 2. The Hall–Kier alpha value is -2.53. The van der Waals surface area contributed by atoms with E-state index in [1.807, 2.05) is 47.9 Å². The maximum absolute atomic E-state index is 9.21. The number of methoxy groups -OCH3 is 1. The number of nitrogen functional groups attached to an aromatic ring is 1. The summed E-state index contributed by atoms with van der Waals surface area (Å²) in [6.45, 7) is 1.99. The molecule has 0 aliphatic rings. The quantitative estimate of drug-likeness (QED) is 0.774. The van der Waals surface area contributed by atoms with Crippen LogP contribution in [0.5, 0.6) is 5.75 Å². The van der Waals surface area contributed by atoms with Gasteiger partial charge in [0.2, 0.25) is 0 Å². The number of rotatable bonds is 3. The molecule has 0 radical (unpaired) electrons. The molecule has 3 N–H and O–H groups in total. The number of aliphatic hydroxyl groups is 1. The molecule has 21 heavy (non-hydrogen) atoms. The lowest BCUT2D eigenvalue weighted by molar-refractivity contribution is 0.282. The Morgan fingerprint density at radius 2 is 2.10 bits per heavy atom. The molecule has 2 aromatic heterocycles. The van der Waals surface area contributed by atoms with Crippen LogP contribution in [0.15, 0.2) is 36.5 Å². The van der Waals surface area contributed by atoms with E-state index in [4.69, 9.17) is 10.5 Å². The third kappa shape index (κ3) is 2.21. The summed E-state index contributed by atoms with van der Waals surface area (Å²) in [6, 6.07) is 9.47. The average Bonchev–Trinajstić information content (AvgIpc) is 2.83. The van der Waals surface area contributed by atoms with Gasteiger partial charge >= 0.3 is 0 Å². The predicted molar refractivity (Wildman–Crippen MR) is 82.3 cm³/mol. The fraction of sp³-hybridized carbons (Fsp3) is 0.188. The van der Waals surface area contributed by atoms with E-state index >= 15 is 0 Å². The van der Waals surface area contributed by atoms with Crippen molar-refractivity contribution < 1.29 is 9.84 Å². The summed E-state index contributed by atoms with van der Waals surface area (Å²) in [5, 5.41) is 9.21. The molecular formula is C16H17N3O2. The van der Waals surface area contributed by atoms with Gasteiger partial charge < -0.3 is 15.6 Å². The van der Waals surface area contributed by atoms with E-state index in [1.54, 1.807) is 7.11 Å². The molecule has 5 heteroatoms. The summed E-state index contributed by atoms with van der Waals surface area (Å²) in [7, 11) is 1.64. The molecule has 0 amide bonds. The molecule has 3 rings (SSSR count). The number of pyridine rings is 1. The van der Waals surface area contributed by atoms with Crippen LogP contribution in [0.4, 0.5) is 5.82 Å². The van der Waals surface area contributed by atoms with Gasteiger partial charge in [-0.3, -0.25) is 4.40 Å². The van der Waals surface area contributed by atoms with Gasteiger partial charge in [0, 0.05) is 11.8 Å². The molecule has 2 heterocycles. The van der Waals surface area contributed by atoms with Crippen molar-refractivity contribution >= 4 is 11.5 Å². The zero-order valence-corrected chi connectivity index (χ0v) is 12.0. The highest BCUT2D eigenvalue weighted by Crippen LogP contribution is 2.31. The van der Waals surface area contributed by atoms with Gasteiger partial charge in [-0.25, -0.2) is 4.98 Å². The van der Waals surface area contributed by atoms with E-state index in [2.05, 4.69) is 4.98 Å². The third-order valence-corrected chi connectivity index (χ3v) is 3.60. The van der Waals surface area contributed by atoms with Crippen molar-refractivity contribution in [1.82, 2.24) is 9.38 Å². The van der Waals surface area contributed by atoms with Crippen molar-refractivity contribution in [1.29, 1.82) is 0 Å². The molecule has 0 aliphatic heterocycles. The second-order valence-electron chi connectivity index (χ2n) is 4.95. The lowest BCUT2D eigenvalue weighted by Crippen LogP contribution is -1.95. The molecule has 3 aromatic rings. The van der Waals surface area contributed by atoms with Gasteiger partial charge in [-0.1, -0.05) is 0 Å². The fourth-order valence-corrected chi connectivity index (χ4v) is 2.43. The van der Waals surface area contributed by atoms with Crippen LogP contribution in [0, 0.1) is 6.92 Å². The Morgan fingerprint density at radius 1 is 1.29 bits per heavy atom. The van der Waals surface area contributed by atoms with Crippen LogP contribution in [0.3, 0.4) is 0 Å². The number of aliphatic hydroxyl groups excluding tert-OH is 1. The van der Waals surface area contributed by atoms with E-state index in [-0.39, 0.29) is 6.61 Å². The molecule has 108 valence electrons. The number of aryl methyl sites for hydroxylation is 1. The Labute approximate surface area is 122 Å². The number of benzene rings is 1. The maximum atomic E-state index is 9.21. The first kappa shape index (κ1) is 13.5. The van der Waals surface area contributed by atoms with Crippen LogP contribution in [0.2, 0.25) is 0 Å². The Kier molecular flexibility index (Phi) is 3.27. The van der Waals surface area contributed by atoms with Crippen LogP contribution >= 0.6 is 0 Å². The number of nitrogens with two attached hydrogens (primary N) is 1. The summed E-state index contributed by atoms with van der Waals surface area (Å²) >= 11 is 0. The van der Waals surface area contributed by atoms with Crippen LogP contribution in [0.1, 0.15) is 11.1 Å². The SMILES string of the molecule is COc1ccc(-c2nc3cc(CO)ccn3c2N)c(C)c1. The van der Waals surface area contributed by atoms with Gasteiger partial charge in [-0.15, -0.1) is 0 Å². The minimum absolute atomic E-state index is 0.0137. The molecule has 1 aromatic carbocycles. The number of anilines is 1. The summed E-state index contributed by atoms with van der Waals surface area (Å²) in [6.07, 6.45) is 1.82. The van der Waals surface area contributed by atoms with Crippen LogP contribution in [-0.2, 0) is 6.61 Å². The van der Waals surface area contributed by atoms with E-state index < -0.39 is 0 Å². The van der Waals surface area contributed by atoms with Gasteiger partial charge in [-0.2, -0.15) is 0 Å². The third-order valence-electron chi connectivity index (χ3n) is 3.60. The molecule has 0 spiro atoms. The molecule has 0 fully saturated rings. The zero-order chi connectivity index (χ0) is 15.0. The number of ether oxygens (including phenoxy) is 1. The molecular weight excluding hydrogens is 266 g/mol. The van der Waals surface area contributed by atoms with E-state index in [0.29, 0.717) is 5.82 Å². The van der Waals surface area contributed by atoms with Crippen molar-refractivity contribution in [3.05, 3.63) is 47.7 Å². The van der Waals surface area contributed by atoms with Gasteiger partial charge in [-0.05, 0) is 48.4 Å². The highest BCUT2D eigenvalue weighted by atomic mass is 16.5. The predicted octanol–water partition coefficient (Wildman–Crippen LogP) is 2.39. The molecule has 0 atom stereocenters. The van der Waals surface area contributed by atoms with Crippen molar-refractivity contribution in [2.75, 3.05) is 12.8 Å². The number of aromatic nitrogens is 2. The maximum Gasteiger partial charge on any atom is 0.139 e. The highest BCUT2D eigenvalue weighted by Gasteiger charge is 2.14. The van der Waals surface area contributed by atoms with Crippen molar-refractivity contribution in [3.8, 4) is 17.0 Å². The number of nitrogens with zero attached hydrogens (tertiary/aromatic N) is 2. The van der Waals surface area contributed by atoms with E-state index in [1.165, 1.54) is 0 Å². The number of imidazole rings is 1. The Morgan fingerprint density at radius 3 is 2.76 bits per heavy atom. The van der Waals surface area contributed by atoms with Crippen LogP contribution in [-0.4, -0.2) is 21.6 Å². The largest absolute Gasteiger partial charge is 0.497 e. The molecule has 0 saturated heterocycles. The number of hydrogen-bond acceptors (Lipinski definition) is 4. The Bertz CT molecular complexity index is 809. The molecule has 0 bridgehead atoms. The summed E-state index contributed by atoms with van der Waals surface area (Å²) in [5.74, 6) is 1.39. The van der Waals surface area contributed by atoms with E-state index in [0.717, 1.165) is 33.8 Å². The van der Waals surface area contributed by atoms with Gasteiger partial charge in [0.25, 0.3) is 0 Å². The van der Waals surface area contributed by atoms with Gasteiger partial charge in [0.1, 0.15) is 22.9 Å². The number of fused-ring (bicyclic) bond motifs is 1. The summed E-state index contributed by atoms with van der Waals surface area (Å²) in [4.78, 5) is 4.59. The lowest BCUT2D eigenvalue weighted by atomic mass is 10.1. The molecule has 5 nitrogen and oxygen atoms in total. The normalized spacial score (nSPS) is 11.0. The second kappa shape index (κ2) is 5.10. The van der Waals surface area contributed by atoms with Crippen molar-refractivity contribution in [2.45, 2.75) is 13.5 Å². The molecule has 0 unspecified atom stereocenters.